The molecule has 3 N–H and O–H groups in total. The Kier molecular flexibility index (Phi) is 6.04. The van der Waals surface area contributed by atoms with Gasteiger partial charge in [-0.2, -0.15) is 4.31 Å². The molecule has 2 heterocycles. The monoisotopic (exact) mass is 388 g/mol. The number of aromatic amines is 2. The zero-order valence-electron chi connectivity index (χ0n) is 13.7. The zero-order valence-corrected chi connectivity index (χ0v) is 15.4. The highest BCUT2D eigenvalue weighted by molar-refractivity contribution is 7.89. The van der Waals surface area contributed by atoms with Crippen molar-refractivity contribution in [3.05, 3.63) is 39.0 Å². The van der Waals surface area contributed by atoms with Gasteiger partial charge in [0.2, 0.25) is 10.0 Å². The predicted molar refractivity (Wildman–Crippen MR) is 97.9 cm³/mol. The summed E-state index contributed by atoms with van der Waals surface area (Å²) in [5, 5.41) is 3.33. The average Bonchev–Trinajstić information content (AvgIpc) is 3.05. The summed E-state index contributed by atoms with van der Waals surface area (Å²) < 4.78 is 27.6. The van der Waals surface area contributed by atoms with Crippen molar-refractivity contribution >= 4 is 33.3 Å². The van der Waals surface area contributed by atoms with Gasteiger partial charge in [0.05, 0.1) is 15.8 Å². The summed E-state index contributed by atoms with van der Waals surface area (Å²) in [6.07, 6.45) is 1.47. The summed E-state index contributed by atoms with van der Waals surface area (Å²) in [6.45, 7) is 3.77. The summed E-state index contributed by atoms with van der Waals surface area (Å²) in [5.41, 5.74) is -0.907. The van der Waals surface area contributed by atoms with Crippen LogP contribution in [0.4, 0.5) is 0 Å². The van der Waals surface area contributed by atoms with Crippen molar-refractivity contribution in [2.75, 3.05) is 19.6 Å². The van der Waals surface area contributed by atoms with Gasteiger partial charge >= 0.3 is 5.69 Å². The first-order chi connectivity index (χ1) is 11.4. The van der Waals surface area contributed by atoms with Gasteiger partial charge in [0, 0.05) is 19.1 Å². The van der Waals surface area contributed by atoms with Crippen LogP contribution in [0.5, 0.6) is 0 Å². The van der Waals surface area contributed by atoms with Crippen LogP contribution in [-0.4, -0.2) is 48.4 Å². The van der Waals surface area contributed by atoms with Gasteiger partial charge < -0.3 is 10.3 Å². The molecule has 1 saturated heterocycles. The fraction of sp³-hybridized carbons (Fsp3) is 0.467. The van der Waals surface area contributed by atoms with Gasteiger partial charge in [0.1, 0.15) is 0 Å². The molecule has 1 atom stereocenters. The number of nitrogens with one attached hydrogen (secondary N) is 3. The lowest BCUT2D eigenvalue weighted by Gasteiger charge is -2.27. The lowest BCUT2D eigenvalue weighted by Crippen LogP contribution is -2.42. The van der Waals surface area contributed by atoms with Gasteiger partial charge in [-0.05, 0) is 37.6 Å². The Morgan fingerprint density at radius 2 is 2.00 bits per heavy atom. The third-order valence-electron chi connectivity index (χ3n) is 4.20. The van der Waals surface area contributed by atoms with E-state index in [2.05, 4.69) is 15.3 Å². The molecule has 0 amide bonds. The molecule has 1 aromatic carbocycles. The summed E-state index contributed by atoms with van der Waals surface area (Å²) in [7, 11) is -3.72. The van der Waals surface area contributed by atoms with Crippen LogP contribution in [0.3, 0.4) is 0 Å². The maximum atomic E-state index is 13.0. The maximum Gasteiger partial charge on any atom is 0.326 e. The molecule has 0 saturated carbocycles. The fourth-order valence-electron chi connectivity index (χ4n) is 3.04. The first kappa shape index (κ1) is 19.6. The Balaban J connectivity index is 0.00000225. The third kappa shape index (κ3) is 3.79. The molecule has 0 aliphatic carbocycles. The Hall–Kier alpha value is -1.68. The SMILES string of the molecule is CCCN(C1CCNC1)S(=O)(=O)c1ccc2[nH]c(=O)[nH]c(=O)c2c1.Cl. The smallest absolute Gasteiger partial charge is 0.315 e. The van der Waals surface area contributed by atoms with Crippen LogP contribution < -0.4 is 16.6 Å². The lowest BCUT2D eigenvalue weighted by atomic mass is 10.2. The van der Waals surface area contributed by atoms with E-state index in [4.69, 9.17) is 0 Å². The Morgan fingerprint density at radius 3 is 2.64 bits per heavy atom. The van der Waals surface area contributed by atoms with Gasteiger partial charge in [0.25, 0.3) is 5.56 Å². The van der Waals surface area contributed by atoms with Crippen molar-refractivity contribution < 1.29 is 8.42 Å². The average molecular weight is 389 g/mol. The van der Waals surface area contributed by atoms with Crippen molar-refractivity contribution in [3.8, 4) is 0 Å². The molecule has 1 aliphatic heterocycles. The lowest BCUT2D eigenvalue weighted by molar-refractivity contribution is 0.335. The number of sulfonamides is 1. The zero-order chi connectivity index (χ0) is 17.3. The molecule has 1 fully saturated rings. The van der Waals surface area contributed by atoms with E-state index >= 15 is 0 Å². The van der Waals surface area contributed by atoms with E-state index in [1.54, 1.807) is 0 Å². The van der Waals surface area contributed by atoms with Crippen molar-refractivity contribution in [2.24, 2.45) is 0 Å². The minimum Gasteiger partial charge on any atom is -0.315 e. The molecule has 8 nitrogen and oxygen atoms in total. The van der Waals surface area contributed by atoms with Crippen LogP contribution in [-0.2, 0) is 10.0 Å². The molecule has 1 unspecified atom stereocenters. The summed E-state index contributed by atoms with van der Waals surface area (Å²) in [5.74, 6) is 0. The van der Waals surface area contributed by atoms with Gasteiger partial charge in [-0.25, -0.2) is 13.2 Å². The molecule has 1 aromatic heterocycles. The molecule has 2 aromatic rings. The predicted octanol–water partition coefficient (Wildman–Crippen LogP) is 0.401. The highest BCUT2D eigenvalue weighted by Gasteiger charge is 2.32. The highest BCUT2D eigenvalue weighted by atomic mass is 35.5. The van der Waals surface area contributed by atoms with E-state index in [0.29, 0.717) is 25.0 Å². The van der Waals surface area contributed by atoms with E-state index < -0.39 is 21.3 Å². The van der Waals surface area contributed by atoms with Crippen LogP contribution in [0.25, 0.3) is 10.9 Å². The fourth-order valence-corrected chi connectivity index (χ4v) is 4.82. The van der Waals surface area contributed by atoms with E-state index in [9.17, 15) is 18.0 Å². The van der Waals surface area contributed by atoms with Crippen LogP contribution in [0.15, 0.2) is 32.7 Å². The van der Waals surface area contributed by atoms with Crippen molar-refractivity contribution in [1.82, 2.24) is 19.6 Å². The quantitative estimate of drug-likeness (QED) is 0.685. The molecule has 0 spiro atoms. The molecule has 10 heteroatoms. The van der Waals surface area contributed by atoms with Gasteiger partial charge in [-0.3, -0.25) is 9.78 Å². The van der Waals surface area contributed by atoms with E-state index in [-0.39, 0.29) is 28.7 Å². The highest BCUT2D eigenvalue weighted by Crippen LogP contribution is 2.23. The van der Waals surface area contributed by atoms with Gasteiger partial charge in [-0.1, -0.05) is 6.92 Å². The topological polar surface area (TPSA) is 115 Å². The molecule has 3 rings (SSSR count). The molecule has 0 bridgehead atoms. The number of halogens is 1. The van der Waals surface area contributed by atoms with E-state index in [0.717, 1.165) is 13.0 Å². The molecular weight excluding hydrogens is 368 g/mol. The molecule has 0 radical (unpaired) electrons. The van der Waals surface area contributed by atoms with Gasteiger partial charge in [-0.15, -0.1) is 12.4 Å². The van der Waals surface area contributed by atoms with Crippen molar-refractivity contribution in [1.29, 1.82) is 0 Å². The molecule has 25 heavy (non-hydrogen) atoms. The normalized spacial score (nSPS) is 17.8. The van der Waals surface area contributed by atoms with E-state index in [1.165, 1.54) is 22.5 Å². The second-order valence-corrected chi connectivity index (χ2v) is 7.77. The molecule has 1 aliphatic rings. The number of rotatable bonds is 5. The number of H-pyrrole nitrogens is 2. The van der Waals surface area contributed by atoms with Crippen LogP contribution in [0.1, 0.15) is 19.8 Å². The first-order valence-electron chi connectivity index (χ1n) is 7.92. The maximum absolute atomic E-state index is 13.0. The Bertz CT molecular complexity index is 963. The van der Waals surface area contributed by atoms with Crippen LogP contribution in [0.2, 0.25) is 0 Å². The summed E-state index contributed by atoms with van der Waals surface area (Å²) in [6, 6.07) is 4.12. The van der Waals surface area contributed by atoms with Crippen LogP contribution >= 0.6 is 12.4 Å². The standard InChI is InChI=1S/C15H20N4O4S.ClH/c1-2-7-19(10-5-6-16-9-10)24(22,23)11-3-4-13-12(8-11)14(20)18-15(21)17-13;/h3-4,8,10,16H,2,5-7,9H2,1H3,(H2,17,18,20,21);1H. The minimum atomic E-state index is -3.72. The number of hydrogen-bond donors (Lipinski definition) is 3. The number of benzene rings is 1. The molecular formula is C15H21ClN4O4S. The Labute approximate surface area is 151 Å². The Morgan fingerprint density at radius 1 is 1.24 bits per heavy atom. The number of hydrogen-bond acceptors (Lipinski definition) is 5. The number of aromatic nitrogens is 2. The third-order valence-corrected chi connectivity index (χ3v) is 6.15. The second-order valence-electron chi connectivity index (χ2n) is 5.88. The van der Waals surface area contributed by atoms with Gasteiger partial charge in [0.15, 0.2) is 0 Å². The number of fused-ring (bicyclic) bond motifs is 1. The largest absolute Gasteiger partial charge is 0.326 e. The number of nitrogens with zero attached hydrogens (tertiary/aromatic N) is 1. The van der Waals surface area contributed by atoms with Crippen molar-refractivity contribution in [3.63, 3.8) is 0 Å². The minimum absolute atomic E-state index is 0. The molecule has 138 valence electrons. The van der Waals surface area contributed by atoms with E-state index in [1.807, 2.05) is 6.92 Å². The first-order valence-corrected chi connectivity index (χ1v) is 9.36. The van der Waals surface area contributed by atoms with Crippen LogP contribution in [0, 0.1) is 0 Å². The second kappa shape index (κ2) is 7.69. The summed E-state index contributed by atoms with van der Waals surface area (Å²) >= 11 is 0. The summed E-state index contributed by atoms with van der Waals surface area (Å²) in [4.78, 5) is 27.9. The van der Waals surface area contributed by atoms with Crippen molar-refractivity contribution in [2.45, 2.75) is 30.7 Å².